The van der Waals surface area contributed by atoms with Crippen LogP contribution in [0.4, 0.5) is 5.82 Å². The number of hydrogen-bond donors (Lipinski definition) is 1. The van der Waals surface area contributed by atoms with Gasteiger partial charge in [0.25, 0.3) is 5.91 Å². The molecule has 1 heterocycles. The molecule has 0 radical (unpaired) electrons. The van der Waals surface area contributed by atoms with Crippen LogP contribution in [0.15, 0.2) is 66.9 Å². The summed E-state index contributed by atoms with van der Waals surface area (Å²) in [6.07, 6.45) is 4.10. The quantitative estimate of drug-likeness (QED) is 0.481. The van der Waals surface area contributed by atoms with Crippen LogP contribution in [-0.2, 0) is 14.3 Å². The molecule has 150 valence electrons. The Kier molecular flexibility index (Phi) is 6.59. The van der Waals surface area contributed by atoms with E-state index in [2.05, 4.69) is 10.4 Å². The van der Waals surface area contributed by atoms with Crippen molar-refractivity contribution < 1.29 is 19.1 Å². The fourth-order valence-electron chi connectivity index (χ4n) is 2.63. The lowest BCUT2D eigenvalue weighted by Crippen LogP contribution is -2.22. The molecule has 3 rings (SSSR count). The third-order valence-electron chi connectivity index (χ3n) is 4.03. The van der Waals surface area contributed by atoms with Gasteiger partial charge in [-0.3, -0.25) is 4.79 Å². The molecule has 0 aliphatic heterocycles. The van der Waals surface area contributed by atoms with Gasteiger partial charge in [0.2, 0.25) is 0 Å². The molecule has 0 saturated carbocycles. The third-order valence-corrected chi connectivity index (χ3v) is 4.03. The summed E-state index contributed by atoms with van der Waals surface area (Å²) in [6, 6.07) is 18.2. The number of amides is 1. The van der Waals surface area contributed by atoms with Crippen LogP contribution >= 0.6 is 0 Å². The number of carbonyl (C=O) groups excluding carboxylic acids is 2. The highest BCUT2D eigenvalue weighted by Gasteiger charge is 2.16. The van der Waals surface area contributed by atoms with Crippen molar-refractivity contribution in [1.29, 1.82) is 5.26 Å². The molecule has 1 amide bonds. The van der Waals surface area contributed by atoms with Crippen molar-refractivity contribution >= 4 is 23.8 Å². The van der Waals surface area contributed by atoms with Gasteiger partial charge < -0.3 is 14.8 Å². The molecule has 0 spiro atoms. The zero-order chi connectivity index (χ0) is 21.3. The van der Waals surface area contributed by atoms with Crippen molar-refractivity contribution in [3.8, 4) is 17.5 Å². The van der Waals surface area contributed by atoms with E-state index in [0.29, 0.717) is 17.0 Å². The monoisotopic (exact) mass is 402 g/mol. The molecule has 0 saturated heterocycles. The predicted octanol–water partition coefficient (Wildman–Crippen LogP) is 2.95. The summed E-state index contributed by atoms with van der Waals surface area (Å²) >= 11 is 0. The second kappa shape index (κ2) is 9.71. The molecule has 0 aliphatic carbocycles. The molecule has 1 N–H and O–H groups in total. The molecule has 0 bridgehead atoms. The number of anilines is 1. The maximum Gasteiger partial charge on any atom is 0.331 e. The first-order valence-electron chi connectivity index (χ1n) is 8.93. The van der Waals surface area contributed by atoms with Crippen molar-refractivity contribution in [2.24, 2.45) is 0 Å². The maximum atomic E-state index is 12.3. The molecule has 3 aromatic rings. The molecule has 0 aliphatic rings. The van der Waals surface area contributed by atoms with Crippen LogP contribution in [0.1, 0.15) is 11.1 Å². The minimum Gasteiger partial charge on any atom is -0.496 e. The van der Waals surface area contributed by atoms with Crippen LogP contribution in [0, 0.1) is 11.3 Å². The van der Waals surface area contributed by atoms with Gasteiger partial charge in [0.1, 0.15) is 17.4 Å². The van der Waals surface area contributed by atoms with E-state index in [1.165, 1.54) is 30.1 Å². The molecule has 0 fully saturated rings. The normalized spacial score (nSPS) is 10.4. The van der Waals surface area contributed by atoms with E-state index in [1.807, 2.05) is 36.4 Å². The topological polar surface area (TPSA) is 106 Å². The first kappa shape index (κ1) is 20.4. The number of para-hydroxylation sites is 2. The van der Waals surface area contributed by atoms with Gasteiger partial charge in [-0.15, -0.1) is 0 Å². The number of benzene rings is 2. The number of aromatic nitrogens is 2. The molecular formula is C22H18N4O4. The lowest BCUT2D eigenvalue weighted by molar-refractivity contribution is -0.142. The van der Waals surface area contributed by atoms with Gasteiger partial charge in [0, 0.05) is 11.6 Å². The molecule has 8 nitrogen and oxygen atoms in total. The van der Waals surface area contributed by atoms with Gasteiger partial charge in [-0.05, 0) is 24.3 Å². The van der Waals surface area contributed by atoms with Crippen molar-refractivity contribution in [3.63, 3.8) is 0 Å². The highest BCUT2D eigenvalue weighted by Crippen LogP contribution is 2.20. The summed E-state index contributed by atoms with van der Waals surface area (Å²) in [7, 11) is 1.53. The Labute approximate surface area is 173 Å². The van der Waals surface area contributed by atoms with Crippen molar-refractivity contribution in [1.82, 2.24) is 9.78 Å². The number of nitrogens with one attached hydrogen (secondary N) is 1. The predicted molar refractivity (Wildman–Crippen MR) is 110 cm³/mol. The van der Waals surface area contributed by atoms with Crippen LogP contribution in [0.25, 0.3) is 11.8 Å². The Morgan fingerprint density at radius 1 is 1.17 bits per heavy atom. The van der Waals surface area contributed by atoms with E-state index < -0.39 is 18.5 Å². The van der Waals surface area contributed by atoms with E-state index >= 15 is 0 Å². The zero-order valence-corrected chi connectivity index (χ0v) is 16.1. The van der Waals surface area contributed by atoms with Gasteiger partial charge in [-0.25, -0.2) is 9.48 Å². The molecular weight excluding hydrogens is 384 g/mol. The van der Waals surface area contributed by atoms with E-state index in [1.54, 1.807) is 24.3 Å². The number of carbonyl (C=O) groups is 2. The average Bonchev–Trinajstić information content (AvgIpc) is 3.19. The van der Waals surface area contributed by atoms with Crippen LogP contribution in [0.2, 0.25) is 0 Å². The second-order valence-electron chi connectivity index (χ2n) is 6.00. The van der Waals surface area contributed by atoms with Crippen LogP contribution in [-0.4, -0.2) is 35.4 Å². The van der Waals surface area contributed by atoms with E-state index in [0.717, 1.165) is 0 Å². The number of nitrogens with zero attached hydrogens (tertiary/aromatic N) is 3. The smallest absolute Gasteiger partial charge is 0.331 e. The fraction of sp³-hybridized carbons (Fsp3) is 0.0909. The van der Waals surface area contributed by atoms with Crippen molar-refractivity contribution in [2.75, 3.05) is 19.0 Å². The van der Waals surface area contributed by atoms with E-state index in [9.17, 15) is 14.9 Å². The largest absolute Gasteiger partial charge is 0.496 e. The van der Waals surface area contributed by atoms with Crippen LogP contribution in [0.5, 0.6) is 5.75 Å². The Morgan fingerprint density at radius 3 is 2.63 bits per heavy atom. The Hall–Kier alpha value is -4.38. The second-order valence-corrected chi connectivity index (χ2v) is 6.00. The van der Waals surface area contributed by atoms with Crippen LogP contribution in [0.3, 0.4) is 0 Å². The molecule has 1 aromatic heterocycles. The number of hydrogen-bond acceptors (Lipinski definition) is 6. The maximum absolute atomic E-state index is 12.3. The number of esters is 1. The standard InChI is InChI=1S/C22H18N4O4/c1-29-19-10-6-5-7-16(19)11-12-21(28)30-15-20(27)25-22-17(13-23)14-24-26(22)18-8-3-2-4-9-18/h2-12,14H,15H2,1H3,(H,25,27)/b12-11+. The Balaban J connectivity index is 1.63. The Bertz CT molecular complexity index is 1110. The first-order valence-corrected chi connectivity index (χ1v) is 8.93. The molecule has 2 aromatic carbocycles. The van der Waals surface area contributed by atoms with Gasteiger partial charge in [0.15, 0.2) is 12.4 Å². The molecule has 0 unspecified atom stereocenters. The SMILES string of the molecule is COc1ccccc1/C=C/C(=O)OCC(=O)Nc1c(C#N)cnn1-c1ccccc1. The Morgan fingerprint density at radius 2 is 1.90 bits per heavy atom. The molecule has 8 heteroatoms. The average molecular weight is 402 g/mol. The van der Waals surface area contributed by atoms with Crippen LogP contribution < -0.4 is 10.1 Å². The van der Waals surface area contributed by atoms with E-state index in [4.69, 9.17) is 9.47 Å². The molecule has 0 atom stereocenters. The van der Waals surface area contributed by atoms with Gasteiger partial charge in [-0.2, -0.15) is 10.4 Å². The van der Waals surface area contributed by atoms with Gasteiger partial charge >= 0.3 is 5.97 Å². The van der Waals surface area contributed by atoms with E-state index in [-0.39, 0.29) is 11.4 Å². The minimum atomic E-state index is -0.687. The number of methoxy groups -OCH3 is 1. The summed E-state index contributed by atoms with van der Waals surface area (Å²) in [4.78, 5) is 24.2. The lowest BCUT2D eigenvalue weighted by atomic mass is 10.2. The molecule has 30 heavy (non-hydrogen) atoms. The van der Waals surface area contributed by atoms with Crippen molar-refractivity contribution in [3.05, 3.63) is 78.0 Å². The summed E-state index contributed by atoms with van der Waals surface area (Å²) in [5.74, 6) is -0.469. The lowest BCUT2D eigenvalue weighted by Gasteiger charge is -2.09. The number of rotatable bonds is 7. The fourth-order valence-corrected chi connectivity index (χ4v) is 2.63. The zero-order valence-electron chi connectivity index (χ0n) is 16.1. The minimum absolute atomic E-state index is 0.189. The highest BCUT2D eigenvalue weighted by molar-refractivity contribution is 5.95. The first-order chi connectivity index (χ1) is 14.6. The summed E-state index contributed by atoms with van der Waals surface area (Å²) in [5.41, 5.74) is 1.56. The van der Waals surface area contributed by atoms with Crippen molar-refractivity contribution in [2.45, 2.75) is 0 Å². The third kappa shape index (κ3) is 4.91. The number of ether oxygens (including phenoxy) is 2. The summed E-state index contributed by atoms with van der Waals surface area (Å²) < 4.78 is 11.6. The van der Waals surface area contributed by atoms with Gasteiger partial charge in [-0.1, -0.05) is 36.4 Å². The summed E-state index contributed by atoms with van der Waals surface area (Å²) in [5, 5.41) is 16.0. The van der Waals surface area contributed by atoms with Gasteiger partial charge in [0.05, 0.1) is 19.0 Å². The summed E-state index contributed by atoms with van der Waals surface area (Å²) in [6.45, 7) is -0.514. The highest BCUT2D eigenvalue weighted by atomic mass is 16.5. The number of nitriles is 1.